The molecule has 21 heavy (non-hydrogen) atoms. The van der Waals surface area contributed by atoms with Crippen molar-refractivity contribution in [1.29, 1.82) is 0 Å². The molecular weight excluding hydrogens is 266 g/mol. The zero-order valence-corrected chi connectivity index (χ0v) is 11.5. The van der Waals surface area contributed by atoms with E-state index in [9.17, 15) is 9.59 Å². The van der Waals surface area contributed by atoms with E-state index < -0.39 is 0 Å². The summed E-state index contributed by atoms with van der Waals surface area (Å²) in [7, 11) is 0. The van der Waals surface area contributed by atoms with Gasteiger partial charge in [-0.05, 0) is 11.6 Å². The molecule has 1 amide bonds. The highest BCUT2D eigenvalue weighted by molar-refractivity contribution is 5.94. The van der Waals surface area contributed by atoms with E-state index in [4.69, 9.17) is 5.73 Å². The summed E-state index contributed by atoms with van der Waals surface area (Å²) in [5.41, 5.74) is 7.61. The van der Waals surface area contributed by atoms with Crippen LogP contribution in [0.25, 0.3) is 0 Å². The van der Waals surface area contributed by atoms with Crippen LogP contribution < -0.4 is 11.3 Å². The van der Waals surface area contributed by atoms with E-state index in [1.807, 2.05) is 30.3 Å². The highest BCUT2D eigenvalue weighted by Crippen LogP contribution is 2.27. The van der Waals surface area contributed by atoms with Gasteiger partial charge in [0.05, 0.1) is 5.56 Å². The average molecular weight is 283 g/mol. The molecule has 1 aliphatic heterocycles. The van der Waals surface area contributed by atoms with Gasteiger partial charge in [-0.3, -0.25) is 9.59 Å². The molecule has 0 spiro atoms. The predicted octanol–water partition coefficient (Wildman–Crippen LogP) is 0.942. The molecule has 1 aliphatic rings. The van der Waals surface area contributed by atoms with Crippen molar-refractivity contribution in [3.63, 3.8) is 0 Å². The van der Waals surface area contributed by atoms with Gasteiger partial charge in [-0.25, -0.2) is 0 Å². The van der Waals surface area contributed by atoms with Gasteiger partial charge in [0.25, 0.3) is 5.91 Å². The lowest BCUT2D eigenvalue weighted by molar-refractivity contribution is 0.0788. The van der Waals surface area contributed by atoms with Crippen LogP contribution in [0.2, 0.25) is 0 Å². The third-order valence-electron chi connectivity index (χ3n) is 3.91. The Morgan fingerprint density at radius 3 is 2.57 bits per heavy atom. The number of benzene rings is 1. The number of nitrogens with one attached hydrogen (secondary N) is 1. The van der Waals surface area contributed by atoms with Crippen LogP contribution in [0.5, 0.6) is 0 Å². The second-order valence-electron chi connectivity index (χ2n) is 5.33. The van der Waals surface area contributed by atoms with Gasteiger partial charge in [0, 0.05) is 37.3 Å². The fourth-order valence-corrected chi connectivity index (χ4v) is 2.77. The Morgan fingerprint density at radius 2 is 1.90 bits per heavy atom. The summed E-state index contributed by atoms with van der Waals surface area (Å²) in [6.07, 6.45) is 1.45. The predicted molar refractivity (Wildman–Crippen MR) is 80.1 cm³/mol. The van der Waals surface area contributed by atoms with Crippen LogP contribution in [0.3, 0.4) is 0 Å². The fraction of sp³-hybridized carbons (Fsp3) is 0.250. The number of hydrogen-bond donors (Lipinski definition) is 2. The van der Waals surface area contributed by atoms with E-state index in [0.717, 1.165) is 5.56 Å². The van der Waals surface area contributed by atoms with Gasteiger partial charge in [-0.2, -0.15) is 0 Å². The van der Waals surface area contributed by atoms with Crippen molar-refractivity contribution in [3.8, 4) is 0 Å². The van der Waals surface area contributed by atoms with E-state index in [0.29, 0.717) is 18.7 Å². The molecule has 1 saturated heterocycles. The van der Waals surface area contributed by atoms with Crippen LogP contribution in [-0.2, 0) is 0 Å². The van der Waals surface area contributed by atoms with E-state index in [2.05, 4.69) is 4.98 Å². The number of nitrogens with two attached hydrogens (primary N) is 1. The maximum atomic E-state index is 12.4. The first-order valence-corrected chi connectivity index (χ1v) is 6.93. The van der Waals surface area contributed by atoms with Gasteiger partial charge in [0.2, 0.25) is 5.56 Å². The molecular formula is C16H17N3O2. The van der Waals surface area contributed by atoms with Crippen LogP contribution in [0, 0.1) is 0 Å². The van der Waals surface area contributed by atoms with Crippen LogP contribution in [0.1, 0.15) is 21.8 Å². The standard InChI is InChI=1S/C16H17N3O2/c17-14-10-19(9-13(14)11-4-2-1-3-5-11)16(21)12-6-7-15(20)18-8-12/h1-8,13-14H,9-10,17H2,(H,18,20)/t13-,14+/m0/s1. The smallest absolute Gasteiger partial charge is 0.255 e. The Balaban J connectivity index is 1.78. The number of pyridine rings is 1. The van der Waals surface area contributed by atoms with Gasteiger partial charge >= 0.3 is 0 Å². The minimum absolute atomic E-state index is 0.0703. The third kappa shape index (κ3) is 2.73. The number of hydrogen-bond acceptors (Lipinski definition) is 3. The van der Waals surface area contributed by atoms with Crippen molar-refractivity contribution in [1.82, 2.24) is 9.88 Å². The van der Waals surface area contributed by atoms with Gasteiger partial charge in [0.1, 0.15) is 0 Å². The van der Waals surface area contributed by atoms with Crippen LogP contribution in [0.4, 0.5) is 0 Å². The molecule has 2 aromatic rings. The zero-order valence-electron chi connectivity index (χ0n) is 11.5. The van der Waals surface area contributed by atoms with Crippen molar-refractivity contribution in [2.24, 2.45) is 5.73 Å². The van der Waals surface area contributed by atoms with Crippen LogP contribution in [0.15, 0.2) is 53.5 Å². The molecule has 0 unspecified atom stereocenters. The molecule has 5 nitrogen and oxygen atoms in total. The van der Waals surface area contributed by atoms with Crippen molar-refractivity contribution in [3.05, 3.63) is 70.1 Å². The molecule has 3 rings (SSSR count). The quantitative estimate of drug-likeness (QED) is 0.861. The Kier molecular flexibility index (Phi) is 3.58. The van der Waals surface area contributed by atoms with Gasteiger partial charge < -0.3 is 15.6 Å². The monoisotopic (exact) mass is 283 g/mol. The zero-order chi connectivity index (χ0) is 14.8. The highest BCUT2D eigenvalue weighted by Gasteiger charge is 2.34. The molecule has 0 radical (unpaired) electrons. The van der Waals surface area contributed by atoms with Crippen LogP contribution in [-0.4, -0.2) is 34.9 Å². The topological polar surface area (TPSA) is 79.2 Å². The van der Waals surface area contributed by atoms with Crippen molar-refractivity contribution in [2.45, 2.75) is 12.0 Å². The van der Waals surface area contributed by atoms with E-state index >= 15 is 0 Å². The summed E-state index contributed by atoms with van der Waals surface area (Å²) in [4.78, 5) is 27.8. The summed E-state index contributed by atoms with van der Waals surface area (Å²) >= 11 is 0. The van der Waals surface area contributed by atoms with E-state index in [-0.39, 0.29) is 23.4 Å². The first kappa shape index (κ1) is 13.6. The minimum Gasteiger partial charge on any atom is -0.336 e. The molecule has 0 bridgehead atoms. The van der Waals surface area contributed by atoms with Gasteiger partial charge in [-0.1, -0.05) is 30.3 Å². The van der Waals surface area contributed by atoms with Gasteiger partial charge in [0.15, 0.2) is 0 Å². The minimum atomic E-state index is -0.216. The Labute approximate surface area is 122 Å². The van der Waals surface area contributed by atoms with Crippen molar-refractivity contribution in [2.75, 3.05) is 13.1 Å². The molecule has 108 valence electrons. The molecule has 3 N–H and O–H groups in total. The number of carbonyl (C=O) groups excluding carboxylic acids is 1. The largest absolute Gasteiger partial charge is 0.336 e. The maximum absolute atomic E-state index is 12.4. The molecule has 2 heterocycles. The number of H-pyrrole nitrogens is 1. The summed E-state index contributed by atoms with van der Waals surface area (Å²) in [6, 6.07) is 12.8. The average Bonchev–Trinajstić information content (AvgIpc) is 2.90. The van der Waals surface area contributed by atoms with Crippen molar-refractivity contribution >= 4 is 5.91 Å². The molecule has 1 aromatic carbocycles. The molecule has 5 heteroatoms. The number of carbonyl (C=O) groups is 1. The Morgan fingerprint density at radius 1 is 1.14 bits per heavy atom. The molecule has 0 saturated carbocycles. The normalized spacial score (nSPS) is 21.5. The summed E-state index contributed by atoms with van der Waals surface area (Å²) in [6.45, 7) is 1.13. The molecule has 2 atom stereocenters. The lowest BCUT2D eigenvalue weighted by Crippen LogP contribution is -2.32. The summed E-state index contributed by atoms with van der Waals surface area (Å²) in [5.74, 6) is 0.0537. The Hall–Kier alpha value is -2.40. The number of aromatic nitrogens is 1. The number of amides is 1. The first-order valence-electron chi connectivity index (χ1n) is 6.93. The number of aromatic amines is 1. The molecule has 0 aliphatic carbocycles. The second kappa shape index (κ2) is 5.54. The van der Waals surface area contributed by atoms with Gasteiger partial charge in [-0.15, -0.1) is 0 Å². The highest BCUT2D eigenvalue weighted by atomic mass is 16.2. The van der Waals surface area contributed by atoms with E-state index in [1.165, 1.54) is 12.3 Å². The second-order valence-corrected chi connectivity index (χ2v) is 5.33. The summed E-state index contributed by atoms with van der Waals surface area (Å²) in [5, 5.41) is 0. The summed E-state index contributed by atoms with van der Waals surface area (Å²) < 4.78 is 0. The molecule has 1 aromatic heterocycles. The third-order valence-corrected chi connectivity index (χ3v) is 3.91. The van der Waals surface area contributed by atoms with Crippen molar-refractivity contribution < 1.29 is 4.79 Å². The van der Waals surface area contributed by atoms with Crippen LogP contribution >= 0.6 is 0 Å². The maximum Gasteiger partial charge on any atom is 0.255 e. The lowest BCUT2D eigenvalue weighted by Gasteiger charge is -2.16. The number of likely N-dealkylation sites (tertiary alicyclic amines) is 1. The first-order chi connectivity index (χ1) is 10.1. The van der Waals surface area contributed by atoms with E-state index in [1.54, 1.807) is 11.0 Å². The Bertz CT molecular complexity index is 676. The lowest BCUT2D eigenvalue weighted by atomic mass is 9.95. The fourth-order valence-electron chi connectivity index (χ4n) is 2.77. The SMILES string of the molecule is N[C@@H]1CN(C(=O)c2ccc(=O)[nH]c2)C[C@H]1c1ccccc1. The molecule has 1 fully saturated rings. The number of nitrogens with zero attached hydrogens (tertiary/aromatic N) is 1. The number of rotatable bonds is 2.